The van der Waals surface area contributed by atoms with Crippen molar-refractivity contribution in [2.24, 2.45) is 11.8 Å². The summed E-state index contributed by atoms with van der Waals surface area (Å²) in [5.74, 6) is 0.957. The lowest BCUT2D eigenvalue weighted by Gasteiger charge is -2.26. The van der Waals surface area contributed by atoms with E-state index in [0.29, 0.717) is 6.54 Å². The molecule has 0 amide bonds. The summed E-state index contributed by atoms with van der Waals surface area (Å²) in [6.07, 6.45) is 5.33. The largest absolute Gasteiger partial charge is 0.480 e. The third kappa shape index (κ3) is 4.64. The predicted octanol–water partition coefficient (Wildman–Crippen LogP) is 1.17. The summed E-state index contributed by atoms with van der Waals surface area (Å²) in [6.45, 7) is 5.55. The smallest absolute Gasteiger partial charge is 0.322 e. The fourth-order valence-electron chi connectivity index (χ4n) is 2.29. The van der Waals surface area contributed by atoms with Crippen molar-refractivity contribution in [2.45, 2.75) is 38.6 Å². The van der Waals surface area contributed by atoms with Gasteiger partial charge < -0.3 is 15.3 Å². The van der Waals surface area contributed by atoms with Crippen LogP contribution in [0.5, 0.6) is 0 Å². The molecule has 0 bridgehead atoms. The second kappa shape index (κ2) is 5.83. The molecule has 0 aliphatic heterocycles. The Balaban J connectivity index is 1.81. The van der Waals surface area contributed by atoms with Gasteiger partial charge in [-0.3, -0.25) is 4.79 Å². The van der Waals surface area contributed by atoms with E-state index in [0.717, 1.165) is 31.5 Å². The average Bonchev–Trinajstić information content (AvgIpc) is 3.12. The van der Waals surface area contributed by atoms with Crippen LogP contribution in [-0.4, -0.2) is 48.2 Å². The maximum Gasteiger partial charge on any atom is 0.322 e. The van der Waals surface area contributed by atoms with Crippen LogP contribution < -0.4 is 5.32 Å². The molecule has 4 heteroatoms. The van der Waals surface area contributed by atoms with Gasteiger partial charge in [0.1, 0.15) is 6.04 Å². The second-order valence-corrected chi connectivity index (χ2v) is 5.55. The first-order valence-corrected chi connectivity index (χ1v) is 6.87. The molecule has 0 aromatic carbocycles. The monoisotopic (exact) mass is 240 g/mol. The van der Waals surface area contributed by atoms with E-state index in [1.165, 1.54) is 25.7 Å². The molecular weight excluding hydrogens is 216 g/mol. The average molecular weight is 240 g/mol. The standard InChI is InChI=1S/C13H24N2O2/c1-2-14-12(13(16)17)9-15(7-10-3-4-10)8-11-5-6-11/h10-12,14H,2-9H2,1H3,(H,16,17). The van der Waals surface area contributed by atoms with E-state index in [1.807, 2.05) is 6.92 Å². The Hall–Kier alpha value is -0.610. The molecule has 2 fully saturated rings. The van der Waals surface area contributed by atoms with Crippen molar-refractivity contribution in [3.8, 4) is 0 Å². The van der Waals surface area contributed by atoms with E-state index in [4.69, 9.17) is 5.11 Å². The van der Waals surface area contributed by atoms with Gasteiger partial charge in [-0.2, -0.15) is 0 Å². The topological polar surface area (TPSA) is 52.6 Å². The molecule has 2 N–H and O–H groups in total. The fourth-order valence-corrected chi connectivity index (χ4v) is 2.29. The van der Waals surface area contributed by atoms with E-state index in [-0.39, 0.29) is 0 Å². The summed E-state index contributed by atoms with van der Waals surface area (Å²) in [5, 5.41) is 12.2. The lowest BCUT2D eigenvalue weighted by Crippen LogP contribution is -2.47. The summed E-state index contributed by atoms with van der Waals surface area (Å²) in [5.41, 5.74) is 0. The Morgan fingerprint density at radius 3 is 2.18 bits per heavy atom. The van der Waals surface area contributed by atoms with Crippen molar-refractivity contribution in [3.05, 3.63) is 0 Å². The Kier molecular flexibility index (Phi) is 4.40. The Bertz CT molecular complexity index is 248. The van der Waals surface area contributed by atoms with Crippen LogP contribution in [0.25, 0.3) is 0 Å². The van der Waals surface area contributed by atoms with E-state index in [9.17, 15) is 4.79 Å². The zero-order valence-electron chi connectivity index (χ0n) is 10.7. The van der Waals surface area contributed by atoms with Gasteiger partial charge in [0, 0.05) is 19.6 Å². The maximum absolute atomic E-state index is 11.1. The predicted molar refractivity (Wildman–Crippen MR) is 67.0 cm³/mol. The van der Waals surface area contributed by atoms with Gasteiger partial charge in [0.25, 0.3) is 0 Å². The Morgan fingerprint density at radius 2 is 1.82 bits per heavy atom. The molecule has 2 aliphatic carbocycles. The van der Waals surface area contributed by atoms with Crippen molar-refractivity contribution < 1.29 is 9.90 Å². The number of aliphatic carboxylic acids is 1. The van der Waals surface area contributed by atoms with Gasteiger partial charge in [0.15, 0.2) is 0 Å². The first-order valence-electron chi connectivity index (χ1n) is 6.87. The van der Waals surface area contributed by atoms with Gasteiger partial charge >= 0.3 is 5.97 Å². The van der Waals surface area contributed by atoms with E-state index in [1.54, 1.807) is 0 Å². The van der Waals surface area contributed by atoms with Crippen molar-refractivity contribution in [3.63, 3.8) is 0 Å². The van der Waals surface area contributed by atoms with Crippen LogP contribution >= 0.6 is 0 Å². The van der Waals surface area contributed by atoms with Crippen molar-refractivity contribution >= 4 is 5.97 Å². The highest BCUT2D eigenvalue weighted by Gasteiger charge is 2.31. The van der Waals surface area contributed by atoms with Crippen LogP contribution in [0, 0.1) is 11.8 Å². The van der Waals surface area contributed by atoms with Crippen molar-refractivity contribution in [1.29, 1.82) is 0 Å². The first kappa shape index (κ1) is 12.8. The van der Waals surface area contributed by atoms with Crippen molar-refractivity contribution in [1.82, 2.24) is 10.2 Å². The normalized spacial score (nSPS) is 21.8. The van der Waals surface area contributed by atoms with Crippen LogP contribution in [0.15, 0.2) is 0 Å². The number of carboxylic acid groups (broad SMARTS) is 1. The summed E-state index contributed by atoms with van der Waals surface area (Å²) in [6, 6.07) is -0.405. The highest BCUT2D eigenvalue weighted by molar-refractivity contribution is 5.73. The maximum atomic E-state index is 11.1. The molecule has 0 spiro atoms. The molecule has 2 aliphatic rings. The van der Waals surface area contributed by atoms with Gasteiger partial charge in [0.2, 0.25) is 0 Å². The molecule has 17 heavy (non-hydrogen) atoms. The number of carbonyl (C=O) groups is 1. The summed E-state index contributed by atoms with van der Waals surface area (Å²) < 4.78 is 0. The fraction of sp³-hybridized carbons (Fsp3) is 0.923. The molecule has 0 saturated heterocycles. The van der Waals surface area contributed by atoms with Gasteiger partial charge in [-0.05, 0) is 44.1 Å². The molecule has 0 heterocycles. The van der Waals surface area contributed by atoms with Crippen LogP contribution in [0.1, 0.15) is 32.6 Å². The van der Waals surface area contributed by atoms with Gasteiger partial charge in [0.05, 0.1) is 0 Å². The number of nitrogens with one attached hydrogen (secondary N) is 1. The molecular formula is C13H24N2O2. The highest BCUT2D eigenvalue weighted by Crippen LogP contribution is 2.33. The van der Waals surface area contributed by atoms with Crippen LogP contribution in [0.2, 0.25) is 0 Å². The molecule has 0 aromatic heterocycles. The third-order valence-corrected chi connectivity index (χ3v) is 3.62. The van der Waals surface area contributed by atoms with E-state index >= 15 is 0 Å². The van der Waals surface area contributed by atoms with Crippen LogP contribution in [0.3, 0.4) is 0 Å². The van der Waals surface area contributed by atoms with Crippen molar-refractivity contribution in [2.75, 3.05) is 26.2 Å². The lowest BCUT2D eigenvalue weighted by molar-refractivity contribution is -0.140. The molecule has 2 saturated carbocycles. The molecule has 2 rings (SSSR count). The SMILES string of the molecule is CCNC(CN(CC1CC1)CC1CC1)C(=O)O. The summed E-state index contributed by atoms with van der Waals surface area (Å²) >= 11 is 0. The molecule has 1 unspecified atom stereocenters. The number of rotatable bonds is 9. The highest BCUT2D eigenvalue weighted by atomic mass is 16.4. The number of hydrogen-bond donors (Lipinski definition) is 2. The first-order chi connectivity index (χ1) is 8.19. The Labute approximate surface area is 103 Å². The Morgan fingerprint density at radius 1 is 1.29 bits per heavy atom. The number of hydrogen-bond acceptors (Lipinski definition) is 3. The summed E-state index contributed by atoms with van der Waals surface area (Å²) in [7, 11) is 0. The minimum Gasteiger partial charge on any atom is -0.480 e. The van der Waals surface area contributed by atoms with Crippen LogP contribution in [-0.2, 0) is 4.79 Å². The van der Waals surface area contributed by atoms with Crippen LogP contribution in [0.4, 0.5) is 0 Å². The minimum absolute atomic E-state index is 0.405. The number of likely N-dealkylation sites (N-methyl/N-ethyl adjacent to an activating group) is 1. The third-order valence-electron chi connectivity index (χ3n) is 3.62. The minimum atomic E-state index is -0.719. The summed E-state index contributed by atoms with van der Waals surface area (Å²) in [4.78, 5) is 13.5. The zero-order valence-corrected chi connectivity index (χ0v) is 10.7. The number of carboxylic acids is 1. The van der Waals surface area contributed by atoms with Gasteiger partial charge in [-0.25, -0.2) is 0 Å². The molecule has 1 atom stereocenters. The zero-order chi connectivity index (χ0) is 12.3. The lowest BCUT2D eigenvalue weighted by atomic mass is 10.2. The van der Waals surface area contributed by atoms with E-state index in [2.05, 4.69) is 10.2 Å². The number of nitrogens with zero attached hydrogens (tertiary/aromatic N) is 1. The molecule has 98 valence electrons. The molecule has 0 aromatic rings. The van der Waals surface area contributed by atoms with Gasteiger partial charge in [-0.1, -0.05) is 6.92 Å². The quantitative estimate of drug-likeness (QED) is 0.635. The van der Waals surface area contributed by atoms with E-state index < -0.39 is 12.0 Å². The molecule has 4 nitrogen and oxygen atoms in total. The second-order valence-electron chi connectivity index (χ2n) is 5.55. The molecule has 0 radical (unpaired) electrons. The van der Waals surface area contributed by atoms with Gasteiger partial charge in [-0.15, -0.1) is 0 Å².